The summed E-state index contributed by atoms with van der Waals surface area (Å²) in [6, 6.07) is 7.51. The number of hydrogen-bond donors (Lipinski definition) is 2. The van der Waals surface area contributed by atoms with Gasteiger partial charge in [-0.05, 0) is 44.9 Å². The van der Waals surface area contributed by atoms with E-state index in [0.717, 1.165) is 5.56 Å². The van der Waals surface area contributed by atoms with Gasteiger partial charge >= 0.3 is 0 Å². The summed E-state index contributed by atoms with van der Waals surface area (Å²) in [6.07, 6.45) is 0.266. The summed E-state index contributed by atoms with van der Waals surface area (Å²) >= 11 is 0. The zero-order valence-corrected chi connectivity index (χ0v) is 11.1. The van der Waals surface area contributed by atoms with Crippen LogP contribution >= 0.6 is 0 Å². The number of amides is 1. The Morgan fingerprint density at radius 2 is 1.89 bits per heavy atom. The summed E-state index contributed by atoms with van der Waals surface area (Å²) in [4.78, 5) is 11.4. The summed E-state index contributed by atoms with van der Waals surface area (Å²) in [5, 5.41) is 12.0. The Morgan fingerprint density at radius 1 is 1.28 bits per heavy atom. The van der Waals surface area contributed by atoms with Crippen molar-refractivity contribution in [3.8, 4) is 5.75 Å². The normalized spacial score (nSPS) is 12.3. The zero-order chi connectivity index (χ0) is 13.5. The van der Waals surface area contributed by atoms with Crippen molar-refractivity contribution >= 4 is 5.91 Å². The fraction of sp³-hybridized carbons (Fsp3) is 0.500. The number of rotatable bonds is 6. The van der Waals surface area contributed by atoms with Crippen molar-refractivity contribution in [2.75, 3.05) is 6.61 Å². The second-order valence-electron chi connectivity index (χ2n) is 4.71. The van der Waals surface area contributed by atoms with Crippen molar-refractivity contribution in [3.05, 3.63) is 29.8 Å². The molecule has 1 amide bonds. The van der Waals surface area contributed by atoms with Crippen LogP contribution in [0.25, 0.3) is 0 Å². The van der Waals surface area contributed by atoms with Crippen LogP contribution in [0.3, 0.4) is 0 Å². The molecule has 18 heavy (non-hydrogen) atoms. The molecule has 1 unspecified atom stereocenters. The number of aliphatic hydroxyl groups is 1. The minimum Gasteiger partial charge on any atom is -0.484 e. The molecule has 4 heteroatoms. The Labute approximate surface area is 108 Å². The van der Waals surface area contributed by atoms with Gasteiger partial charge in [0.2, 0.25) is 0 Å². The molecule has 2 N–H and O–H groups in total. The molecule has 100 valence electrons. The molecule has 0 saturated heterocycles. The lowest BCUT2D eigenvalue weighted by Crippen LogP contribution is -2.34. The summed E-state index contributed by atoms with van der Waals surface area (Å²) in [5.41, 5.74) is 1.05. The van der Waals surface area contributed by atoms with Crippen molar-refractivity contribution in [1.29, 1.82) is 0 Å². The van der Waals surface area contributed by atoms with Gasteiger partial charge in [-0.1, -0.05) is 12.1 Å². The lowest BCUT2D eigenvalue weighted by molar-refractivity contribution is -0.123. The molecule has 0 saturated carbocycles. The molecule has 1 aromatic rings. The van der Waals surface area contributed by atoms with Gasteiger partial charge in [0, 0.05) is 6.04 Å². The Bertz CT molecular complexity index is 371. The first kappa shape index (κ1) is 14.5. The maximum absolute atomic E-state index is 11.4. The van der Waals surface area contributed by atoms with E-state index in [-0.39, 0.29) is 24.7 Å². The average molecular weight is 251 g/mol. The number of benzene rings is 1. The van der Waals surface area contributed by atoms with E-state index in [2.05, 4.69) is 5.32 Å². The van der Waals surface area contributed by atoms with E-state index >= 15 is 0 Å². The van der Waals surface area contributed by atoms with Gasteiger partial charge in [-0.25, -0.2) is 0 Å². The molecule has 0 aliphatic heterocycles. The van der Waals surface area contributed by atoms with Crippen molar-refractivity contribution in [1.82, 2.24) is 5.32 Å². The largest absolute Gasteiger partial charge is 0.484 e. The summed E-state index contributed by atoms with van der Waals surface area (Å²) < 4.78 is 5.35. The number of aliphatic hydroxyl groups excluding tert-OH is 1. The van der Waals surface area contributed by atoms with Gasteiger partial charge in [0.15, 0.2) is 6.61 Å². The van der Waals surface area contributed by atoms with Crippen LogP contribution < -0.4 is 10.1 Å². The lowest BCUT2D eigenvalue weighted by atomic mass is 10.1. The molecular formula is C14H21NO3. The summed E-state index contributed by atoms with van der Waals surface area (Å²) in [6.45, 7) is 5.58. The first-order chi connectivity index (χ1) is 8.47. The molecule has 1 aromatic carbocycles. The Hall–Kier alpha value is -1.55. The predicted octanol–water partition coefficient (Wildman–Crippen LogP) is 1.51. The highest BCUT2D eigenvalue weighted by Gasteiger charge is 2.04. The van der Waals surface area contributed by atoms with E-state index in [4.69, 9.17) is 4.74 Å². The van der Waals surface area contributed by atoms with E-state index in [9.17, 15) is 9.90 Å². The zero-order valence-electron chi connectivity index (χ0n) is 11.1. The molecule has 1 atom stereocenters. The molecule has 0 aliphatic carbocycles. The van der Waals surface area contributed by atoms with Crippen LogP contribution in [0.4, 0.5) is 0 Å². The summed E-state index contributed by atoms with van der Waals surface area (Å²) in [7, 11) is 0. The smallest absolute Gasteiger partial charge is 0.258 e. The lowest BCUT2D eigenvalue weighted by Gasteiger charge is -2.10. The fourth-order valence-corrected chi connectivity index (χ4v) is 1.58. The topological polar surface area (TPSA) is 58.6 Å². The first-order valence-electron chi connectivity index (χ1n) is 6.16. The van der Waals surface area contributed by atoms with Crippen LogP contribution in [-0.2, 0) is 11.2 Å². The molecule has 0 heterocycles. The SMILES string of the molecule is CC(O)Cc1ccc(OCC(=O)NC(C)C)cc1. The first-order valence-corrected chi connectivity index (χ1v) is 6.16. The van der Waals surface area contributed by atoms with E-state index in [1.807, 2.05) is 26.0 Å². The van der Waals surface area contributed by atoms with Crippen LogP contribution in [-0.4, -0.2) is 29.8 Å². The van der Waals surface area contributed by atoms with Crippen LogP contribution in [0.5, 0.6) is 5.75 Å². The van der Waals surface area contributed by atoms with Gasteiger partial charge < -0.3 is 15.2 Å². The van der Waals surface area contributed by atoms with E-state index < -0.39 is 0 Å². The molecule has 0 aromatic heterocycles. The number of carbonyl (C=O) groups is 1. The van der Waals surface area contributed by atoms with Gasteiger partial charge in [-0.15, -0.1) is 0 Å². The summed E-state index contributed by atoms with van der Waals surface area (Å²) in [5.74, 6) is 0.529. The molecular weight excluding hydrogens is 230 g/mol. The third-order valence-electron chi connectivity index (χ3n) is 2.27. The number of nitrogens with one attached hydrogen (secondary N) is 1. The fourth-order valence-electron chi connectivity index (χ4n) is 1.58. The van der Waals surface area contributed by atoms with E-state index in [0.29, 0.717) is 12.2 Å². The number of hydrogen-bond acceptors (Lipinski definition) is 3. The highest BCUT2D eigenvalue weighted by atomic mass is 16.5. The minimum absolute atomic E-state index is 0.0218. The van der Waals surface area contributed by atoms with Gasteiger partial charge in [-0.3, -0.25) is 4.79 Å². The van der Waals surface area contributed by atoms with E-state index in [1.165, 1.54) is 0 Å². The van der Waals surface area contributed by atoms with Gasteiger partial charge in [-0.2, -0.15) is 0 Å². The highest BCUT2D eigenvalue weighted by Crippen LogP contribution is 2.13. The minimum atomic E-state index is -0.353. The number of carbonyl (C=O) groups excluding carboxylic acids is 1. The average Bonchev–Trinajstić information content (AvgIpc) is 2.26. The van der Waals surface area contributed by atoms with Crippen molar-refractivity contribution in [3.63, 3.8) is 0 Å². The van der Waals surface area contributed by atoms with Crippen LogP contribution in [0.1, 0.15) is 26.3 Å². The third kappa shape index (κ3) is 5.68. The third-order valence-corrected chi connectivity index (χ3v) is 2.27. The van der Waals surface area contributed by atoms with Crippen LogP contribution in [0.2, 0.25) is 0 Å². The standard InChI is InChI=1S/C14H21NO3/c1-10(2)15-14(17)9-18-13-6-4-12(5-7-13)8-11(3)16/h4-7,10-11,16H,8-9H2,1-3H3,(H,15,17). The van der Waals surface area contributed by atoms with E-state index in [1.54, 1.807) is 19.1 Å². The Kier molecular flexibility index (Phi) is 5.65. The molecule has 0 spiro atoms. The maximum atomic E-state index is 11.4. The monoisotopic (exact) mass is 251 g/mol. The van der Waals surface area contributed by atoms with Crippen LogP contribution in [0.15, 0.2) is 24.3 Å². The van der Waals surface area contributed by atoms with Crippen molar-refractivity contribution in [2.24, 2.45) is 0 Å². The Balaban J connectivity index is 2.41. The van der Waals surface area contributed by atoms with Gasteiger partial charge in [0.25, 0.3) is 5.91 Å². The quantitative estimate of drug-likeness (QED) is 0.805. The maximum Gasteiger partial charge on any atom is 0.258 e. The molecule has 0 aliphatic rings. The van der Waals surface area contributed by atoms with Crippen molar-refractivity contribution < 1.29 is 14.6 Å². The second-order valence-corrected chi connectivity index (χ2v) is 4.71. The predicted molar refractivity (Wildman–Crippen MR) is 70.6 cm³/mol. The van der Waals surface area contributed by atoms with Gasteiger partial charge in [0.1, 0.15) is 5.75 Å². The molecule has 0 radical (unpaired) electrons. The molecule has 1 rings (SSSR count). The highest BCUT2D eigenvalue weighted by molar-refractivity contribution is 5.77. The molecule has 4 nitrogen and oxygen atoms in total. The second kappa shape index (κ2) is 7.01. The van der Waals surface area contributed by atoms with Gasteiger partial charge in [0.05, 0.1) is 6.10 Å². The number of ether oxygens (including phenoxy) is 1. The van der Waals surface area contributed by atoms with Crippen LogP contribution in [0, 0.1) is 0 Å². The molecule has 0 fully saturated rings. The Morgan fingerprint density at radius 3 is 2.39 bits per heavy atom. The van der Waals surface area contributed by atoms with Crippen molar-refractivity contribution in [2.45, 2.75) is 39.3 Å². The molecule has 0 bridgehead atoms.